The molecule has 1 fully saturated rings. The molecule has 1 unspecified atom stereocenters. The predicted octanol–water partition coefficient (Wildman–Crippen LogP) is 3.70. The predicted molar refractivity (Wildman–Crippen MR) is 128 cm³/mol. The molecule has 2 aromatic rings. The summed E-state index contributed by atoms with van der Waals surface area (Å²) in [6.45, 7) is 3.69. The van der Waals surface area contributed by atoms with E-state index in [1.165, 1.54) is 0 Å². The van der Waals surface area contributed by atoms with Crippen LogP contribution in [0.4, 0.5) is 5.69 Å². The molecule has 2 heterocycles. The number of amides is 1. The van der Waals surface area contributed by atoms with Crippen LogP contribution in [0.1, 0.15) is 31.7 Å². The summed E-state index contributed by atoms with van der Waals surface area (Å²) in [5.41, 5.74) is 1.82. The summed E-state index contributed by atoms with van der Waals surface area (Å²) in [5, 5.41) is 9.86. The largest absolute Gasteiger partial charge is 0.461 e. The van der Waals surface area contributed by atoms with Crippen molar-refractivity contribution in [1.29, 1.82) is 0 Å². The first-order chi connectivity index (χ1) is 16.0. The summed E-state index contributed by atoms with van der Waals surface area (Å²) in [7, 11) is 0. The molecule has 0 radical (unpaired) electrons. The van der Waals surface area contributed by atoms with Crippen LogP contribution in [0, 0.1) is 0 Å². The topological polar surface area (TPSA) is 80.2 Å². The van der Waals surface area contributed by atoms with Gasteiger partial charge in [0.2, 0.25) is 5.91 Å². The van der Waals surface area contributed by atoms with E-state index in [2.05, 4.69) is 16.5 Å². The fourth-order valence-corrected chi connectivity index (χ4v) is 4.58. The fraction of sp³-hybridized carbons (Fsp3) is 0.400. The highest BCUT2D eigenvalue weighted by atomic mass is 35.5. The van der Waals surface area contributed by atoms with E-state index in [0.29, 0.717) is 24.8 Å². The number of rotatable bonds is 7. The number of ether oxygens (including phenoxy) is 2. The first-order valence-electron chi connectivity index (χ1n) is 11.2. The van der Waals surface area contributed by atoms with Gasteiger partial charge in [-0.3, -0.25) is 9.80 Å². The minimum Gasteiger partial charge on any atom is -0.461 e. The highest BCUT2D eigenvalue weighted by Crippen LogP contribution is 2.35. The zero-order valence-corrected chi connectivity index (χ0v) is 19.4. The number of carbonyl (C=O) groups is 2. The third-order valence-electron chi connectivity index (χ3n) is 6.23. The molecule has 2 aliphatic heterocycles. The SMILES string of the molecule is CCOC(=O)C1=NN(c2ccccc2)C(C(=O)NCC2(c3cccc(Cl)c3)CCOCC2)C1. The molecule has 1 saturated heterocycles. The van der Waals surface area contributed by atoms with Crippen LogP contribution < -0.4 is 10.3 Å². The summed E-state index contributed by atoms with van der Waals surface area (Å²) >= 11 is 6.27. The Morgan fingerprint density at radius 1 is 1.18 bits per heavy atom. The van der Waals surface area contributed by atoms with E-state index in [-0.39, 0.29) is 30.1 Å². The highest BCUT2D eigenvalue weighted by Gasteiger charge is 2.39. The van der Waals surface area contributed by atoms with E-state index in [9.17, 15) is 9.59 Å². The van der Waals surface area contributed by atoms with Gasteiger partial charge in [0.25, 0.3) is 0 Å². The lowest BCUT2D eigenvalue weighted by Crippen LogP contribution is -2.49. The number of carbonyl (C=O) groups excluding carboxylic acids is 2. The summed E-state index contributed by atoms with van der Waals surface area (Å²) in [6.07, 6.45) is 1.75. The second-order valence-corrected chi connectivity index (χ2v) is 8.72. The molecule has 0 saturated carbocycles. The molecule has 2 aliphatic rings. The monoisotopic (exact) mass is 469 g/mol. The van der Waals surface area contributed by atoms with Gasteiger partial charge in [0.1, 0.15) is 11.8 Å². The molecule has 33 heavy (non-hydrogen) atoms. The molecule has 1 N–H and O–H groups in total. The third-order valence-corrected chi connectivity index (χ3v) is 6.47. The number of hydrogen-bond donors (Lipinski definition) is 1. The van der Waals surface area contributed by atoms with Crippen LogP contribution in [0.3, 0.4) is 0 Å². The number of para-hydroxylation sites is 1. The number of halogens is 1. The minimum absolute atomic E-state index is 0.185. The molecule has 0 aliphatic carbocycles. The van der Waals surface area contributed by atoms with Gasteiger partial charge >= 0.3 is 5.97 Å². The van der Waals surface area contributed by atoms with Crippen LogP contribution in [0.25, 0.3) is 0 Å². The van der Waals surface area contributed by atoms with Gasteiger partial charge in [0.15, 0.2) is 0 Å². The molecule has 1 atom stereocenters. The molecule has 4 rings (SSSR count). The van der Waals surface area contributed by atoms with Crippen molar-refractivity contribution in [3.8, 4) is 0 Å². The Balaban J connectivity index is 1.54. The van der Waals surface area contributed by atoms with Gasteiger partial charge in [-0.25, -0.2) is 4.79 Å². The lowest BCUT2D eigenvalue weighted by molar-refractivity contribution is -0.135. The second kappa shape index (κ2) is 10.4. The molecule has 8 heteroatoms. The fourth-order valence-electron chi connectivity index (χ4n) is 4.39. The Hall–Kier alpha value is -2.90. The van der Waals surface area contributed by atoms with Gasteiger partial charge in [0.05, 0.1) is 12.3 Å². The lowest BCUT2D eigenvalue weighted by Gasteiger charge is -2.38. The molecule has 1 amide bonds. The van der Waals surface area contributed by atoms with Crippen molar-refractivity contribution >= 4 is 34.9 Å². The van der Waals surface area contributed by atoms with Crippen LogP contribution >= 0.6 is 11.6 Å². The molecule has 0 bridgehead atoms. The Morgan fingerprint density at radius 2 is 1.94 bits per heavy atom. The smallest absolute Gasteiger partial charge is 0.354 e. The van der Waals surface area contributed by atoms with E-state index in [0.717, 1.165) is 24.1 Å². The number of esters is 1. The first kappa shape index (κ1) is 23.3. The van der Waals surface area contributed by atoms with Crippen LogP contribution in [-0.4, -0.2) is 50.0 Å². The van der Waals surface area contributed by atoms with Gasteiger partial charge in [-0.1, -0.05) is 41.9 Å². The van der Waals surface area contributed by atoms with Crippen LogP contribution in [0.5, 0.6) is 0 Å². The number of benzene rings is 2. The summed E-state index contributed by atoms with van der Waals surface area (Å²) in [6, 6.07) is 16.5. The molecule has 7 nitrogen and oxygen atoms in total. The third kappa shape index (κ3) is 5.20. The average molecular weight is 470 g/mol. The number of anilines is 1. The quantitative estimate of drug-likeness (QED) is 0.625. The minimum atomic E-state index is -0.636. The Kier molecular flexibility index (Phi) is 7.30. The maximum absolute atomic E-state index is 13.4. The van der Waals surface area contributed by atoms with Gasteiger partial charge in [-0.15, -0.1) is 0 Å². The molecule has 0 aromatic heterocycles. The van der Waals surface area contributed by atoms with E-state index in [1.54, 1.807) is 11.9 Å². The van der Waals surface area contributed by atoms with Gasteiger partial charge in [0, 0.05) is 36.6 Å². The van der Waals surface area contributed by atoms with E-state index >= 15 is 0 Å². The lowest BCUT2D eigenvalue weighted by atomic mass is 9.74. The van der Waals surface area contributed by atoms with Crippen LogP contribution in [0.2, 0.25) is 5.02 Å². The van der Waals surface area contributed by atoms with Crippen molar-refractivity contribution < 1.29 is 19.1 Å². The Bertz CT molecular complexity index is 1020. The number of nitrogens with one attached hydrogen (secondary N) is 1. The highest BCUT2D eigenvalue weighted by molar-refractivity contribution is 6.38. The van der Waals surface area contributed by atoms with Crippen molar-refractivity contribution in [3.63, 3.8) is 0 Å². The van der Waals surface area contributed by atoms with Crippen LogP contribution in [0.15, 0.2) is 59.7 Å². The summed E-state index contributed by atoms with van der Waals surface area (Å²) < 4.78 is 10.7. The van der Waals surface area contributed by atoms with Crippen molar-refractivity contribution in [2.24, 2.45) is 5.10 Å². The number of nitrogens with zero attached hydrogens (tertiary/aromatic N) is 2. The maximum Gasteiger partial charge on any atom is 0.354 e. The van der Waals surface area contributed by atoms with Crippen molar-refractivity contribution in [2.75, 3.05) is 31.4 Å². The van der Waals surface area contributed by atoms with Gasteiger partial charge in [-0.05, 0) is 49.6 Å². The Morgan fingerprint density at radius 3 is 2.64 bits per heavy atom. The Labute approximate surface area is 198 Å². The summed E-state index contributed by atoms with van der Waals surface area (Å²) in [4.78, 5) is 25.7. The normalized spacial score (nSPS) is 19.6. The maximum atomic E-state index is 13.4. The zero-order valence-electron chi connectivity index (χ0n) is 18.6. The average Bonchev–Trinajstić information content (AvgIpc) is 3.30. The first-order valence-corrected chi connectivity index (χ1v) is 11.6. The van der Waals surface area contributed by atoms with Crippen LogP contribution in [-0.2, 0) is 24.5 Å². The molecular weight excluding hydrogens is 442 g/mol. The van der Waals surface area contributed by atoms with Crippen molar-refractivity contribution in [2.45, 2.75) is 37.6 Å². The molecule has 2 aromatic carbocycles. The van der Waals surface area contributed by atoms with Gasteiger partial charge < -0.3 is 14.8 Å². The van der Waals surface area contributed by atoms with E-state index in [1.807, 2.05) is 48.5 Å². The molecule has 174 valence electrons. The molecular formula is C25H28ClN3O4. The van der Waals surface area contributed by atoms with Crippen molar-refractivity contribution in [3.05, 3.63) is 65.2 Å². The van der Waals surface area contributed by atoms with Gasteiger partial charge in [-0.2, -0.15) is 5.10 Å². The molecule has 0 spiro atoms. The van der Waals surface area contributed by atoms with E-state index in [4.69, 9.17) is 21.1 Å². The second-order valence-electron chi connectivity index (χ2n) is 8.29. The number of hydrogen-bond acceptors (Lipinski definition) is 6. The summed E-state index contributed by atoms with van der Waals surface area (Å²) in [5.74, 6) is -0.677. The zero-order chi connectivity index (χ0) is 23.3. The van der Waals surface area contributed by atoms with E-state index < -0.39 is 12.0 Å². The standard InChI is InChI=1S/C25H28ClN3O4/c1-2-33-24(31)21-16-22(29(28-21)20-9-4-3-5-10-20)23(30)27-17-25(11-13-32-14-12-25)18-7-6-8-19(26)15-18/h3-10,15,22H,2,11-14,16-17H2,1H3,(H,27,30). The van der Waals surface area contributed by atoms with Crippen molar-refractivity contribution in [1.82, 2.24) is 5.32 Å². The number of hydrazone groups is 1.